The second-order valence-corrected chi connectivity index (χ2v) is 5.67. The third kappa shape index (κ3) is 3.70. The van der Waals surface area contributed by atoms with Crippen molar-refractivity contribution < 1.29 is 0 Å². The van der Waals surface area contributed by atoms with Crippen molar-refractivity contribution >= 4 is 17.3 Å². The Bertz CT molecular complexity index is 482. The maximum Gasteiger partial charge on any atom is 0.287 e. The van der Waals surface area contributed by atoms with E-state index in [0.29, 0.717) is 11.6 Å². The maximum atomic E-state index is 11.6. The van der Waals surface area contributed by atoms with E-state index in [-0.39, 0.29) is 10.6 Å². The summed E-state index contributed by atoms with van der Waals surface area (Å²) in [5, 5.41) is 7.40. The molecule has 1 N–H and O–H groups in total. The molecule has 6 heteroatoms. The van der Waals surface area contributed by atoms with Crippen LogP contribution < -0.4 is 10.9 Å². The Hall–Kier alpha value is -1.07. The van der Waals surface area contributed by atoms with E-state index in [4.69, 9.17) is 11.6 Å². The minimum absolute atomic E-state index is 0.214. The number of rotatable bonds is 5. The van der Waals surface area contributed by atoms with Crippen LogP contribution in [0.2, 0.25) is 5.02 Å². The summed E-state index contributed by atoms with van der Waals surface area (Å²) in [6.07, 6.45) is 4.22. The van der Waals surface area contributed by atoms with E-state index in [9.17, 15) is 4.79 Å². The first-order valence-electron chi connectivity index (χ1n) is 6.76. The molecule has 19 heavy (non-hydrogen) atoms. The normalized spacial score (nSPS) is 17.6. The quantitative estimate of drug-likeness (QED) is 0.892. The Morgan fingerprint density at radius 3 is 2.84 bits per heavy atom. The molecule has 1 atom stereocenters. The number of aryl methyl sites for hydroxylation is 1. The van der Waals surface area contributed by atoms with Gasteiger partial charge >= 0.3 is 0 Å². The van der Waals surface area contributed by atoms with Crippen LogP contribution in [0, 0.1) is 5.92 Å². The van der Waals surface area contributed by atoms with Crippen LogP contribution in [0.3, 0.4) is 0 Å². The van der Waals surface area contributed by atoms with Crippen LogP contribution >= 0.6 is 11.6 Å². The number of hydrogen-bond donors (Lipinski definition) is 1. The Balaban J connectivity index is 1.88. The molecule has 0 aromatic carbocycles. The zero-order valence-corrected chi connectivity index (χ0v) is 12.3. The van der Waals surface area contributed by atoms with Crippen molar-refractivity contribution in [3.63, 3.8) is 0 Å². The molecule has 1 aliphatic heterocycles. The van der Waals surface area contributed by atoms with Gasteiger partial charge in [0, 0.05) is 20.1 Å². The summed E-state index contributed by atoms with van der Waals surface area (Å²) in [6.45, 7) is 6.50. The molecule has 1 saturated heterocycles. The van der Waals surface area contributed by atoms with E-state index in [1.807, 2.05) is 0 Å². The standard InChI is InChI=1S/C13H21ClN4O/c1-10(9-18-5-3-4-6-18)7-15-11-8-16-17(2)13(19)12(11)14/h8,10,15H,3-7,9H2,1-2H3. The molecular formula is C13H21ClN4O. The first kappa shape index (κ1) is 14.3. The molecule has 1 aliphatic rings. The SMILES string of the molecule is CC(CNc1cnn(C)c(=O)c1Cl)CN1CCCC1. The third-order valence-electron chi connectivity index (χ3n) is 3.49. The van der Waals surface area contributed by atoms with Gasteiger partial charge in [0.15, 0.2) is 0 Å². The van der Waals surface area contributed by atoms with E-state index in [2.05, 4.69) is 22.2 Å². The number of nitrogens with one attached hydrogen (secondary N) is 1. The highest BCUT2D eigenvalue weighted by Gasteiger charge is 2.15. The van der Waals surface area contributed by atoms with E-state index in [1.54, 1.807) is 13.2 Å². The molecule has 1 unspecified atom stereocenters. The Kier molecular flexibility index (Phi) is 4.82. The number of likely N-dealkylation sites (tertiary alicyclic amines) is 1. The van der Waals surface area contributed by atoms with Gasteiger partial charge in [-0.05, 0) is 31.8 Å². The molecule has 106 valence electrons. The van der Waals surface area contributed by atoms with Gasteiger partial charge in [0.05, 0.1) is 11.9 Å². The lowest BCUT2D eigenvalue weighted by molar-refractivity contribution is 0.294. The molecular weight excluding hydrogens is 264 g/mol. The minimum atomic E-state index is -0.265. The van der Waals surface area contributed by atoms with Crippen molar-refractivity contribution in [2.45, 2.75) is 19.8 Å². The monoisotopic (exact) mass is 284 g/mol. The first-order valence-corrected chi connectivity index (χ1v) is 7.13. The van der Waals surface area contributed by atoms with E-state index in [1.165, 1.54) is 30.6 Å². The second kappa shape index (κ2) is 6.39. The van der Waals surface area contributed by atoms with E-state index in [0.717, 1.165) is 13.1 Å². The van der Waals surface area contributed by atoms with Gasteiger partial charge in [-0.1, -0.05) is 18.5 Å². The fourth-order valence-corrected chi connectivity index (χ4v) is 2.63. The lowest BCUT2D eigenvalue weighted by Crippen LogP contribution is -2.29. The summed E-state index contributed by atoms with van der Waals surface area (Å²) >= 11 is 6.01. The van der Waals surface area contributed by atoms with Crippen LogP contribution in [0.1, 0.15) is 19.8 Å². The van der Waals surface area contributed by atoms with Crippen LogP contribution in [0.15, 0.2) is 11.0 Å². The van der Waals surface area contributed by atoms with Crippen molar-refractivity contribution in [1.82, 2.24) is 14.7 Å². The van der Waals surface area contributed by atoms with E-state index >= 15 is 0 Å². The smallest absolute Gasteiger partial charge is 0.287 e. The van der Waals surface area contributed by atoms with Gasteiger partial charge in [0.2, 0.25) is 0 Å². The van der Waals surface area contributed by atoms with Gasteiger partial charge in [-0.15, -0.1) is 0 Å². The number of anilines is 1. The van der Waals surface area contributed by atoms with Crippen LogP contribution in [0.4, 0.5) is 5.69 Å². The van der Waals surface area contributed by atoms with Gasteiger partial charge in [0.1, 0.15) is 5.02 Å². The fraction of sp³-hybridized carbons (Fsp3) is 0.692. The Morgan fingerprint density at radius 1 is 1.47 bits per heavy atom. The predicted molar refractivity (Wildman–Crippen MR) is 77.8 cm³/mol. The molecule has 5 nitrogen and oxygen atoms in total. The highest BCUT2D eigenvalue weighted by molar-refractivity contribution is 6.32. The maximum absolute atomic E-state index is 11.6. The molecule has 2 heterocycles. The largest absolute Gasteiger partial charge is 0.382 e. The molecule has 1 aromatic heterocycles. The van der Waals surface area contributed by atoms with Crippen LogP contribution in [-0.4, -0.2) is 40.9 Å². The van der Waals surface area contributed by atoms with Gasteiger partial charge in [-0.25, -0.2) is 4.68 Å². The summed E-state index contributed by atoms with van der Waals surface area (Å²) in [4.78, 5) is 14.1. The minimum Gasteiger partial charge on any atom is -0.382 e. The molecule has 0 radical (unpaired) electrons. The van der Waals surface area contributed by atoms with Gasteiger partial charge in [0.25, 0.3) is 5.56 Å². The van der Waals surface area contributed by atoms with Crippen molar-refractivity contribution in [3.8, 4) is 0 Å². The van der Waals surface area contributed by atoms with Crippen molar-refractivity contribution in [2.75, 3.05) is 31.5 Å². The number of halogens is 1. The molecule has 0 bridgehead atoms. The molecule has 1 aromatic rings. The van der Waals surface area contributed by atoms with Crippen molar-refractivity contribution in [3.05, 3.63) is 21.6 Å². The topological polar surface area (TPSA) is 50.2 Å². The molecule has 0 spiro atoms. The molecule has 0 amide bonds. The lowest BCUT2D eigenvalue weighted by atomic mass is 10.1. The summed E-state index contributed by atoms with van der Waals surface area (Å²) in [6, 6.07) is 0. The predicted octanol–water partition coefficient (Wildman–Crippen LogP) is 1.58. The molecule has 0 saturated carbocycles. The fourth-order valence-electron chi connectivity index (χ4n) is 2.39. The highest BCUT2D eigenvalue weighted by Crippen LogP contribution is 2.16. The number of hydrogen-bond acceptors (Lipinski definition) is 4. The second-order valence-electron chi connectivity index (χ2n) is 5.29. The van der Waals surface area contributed by atoms with Crippen LogP contribution in [0.5, 0.6) is 0 Å². The zero-order chi connectivity index (χ0) is 13.8. The first-order chi connectivity index (χ1) is 9.08. The Morgan fingerprint density at radius 2 is 2.16 bits per heavy atom. The molecule has 2 rings (SSSR count). The van der Waals surface area contributed by atoms with Gasteiger partial charge in [-0.2, -0.15) is 5.10 Å². The zero-order valence-electron chi connectivity index (χ0n) is 11.5. The van der Waals surface area contributed by atoms with Gasteiger partial charge in [-0.3, -0.25) is 4.79 Å². The summed E-state index contributed by atoms with van der Waals surface area (Å²) in [5.74, 6) is 0.512. The number of aromatic nitrogens is 2. The average molecular weight is 285 g/mol. The summed E-state index contributed by atoms with van der Waals surface area (Å²) in [7, 11) is 1.59. The third-order valence-corrected chi connectivity index (χ3v) is 3.85. The summed E-state index contributed by atoms with van der Waals surface area (Å²) in [5.41, 5.74) is 0.358. The lowest BCUT2D eigenvalue weighted by Gasteiger charge is -2.21. The summed E-state index contributed by atoms with van der Waals surface area (Å²) < 4.78 is 1.24. The van der Waals surface area contributed by atoms with E-state index < -0.39 is 0 Å². The average Bonchev–Trinajstić information content (AvgIpc) is 2.88. The van der Waals surface area contributed by atoms with Gasteiger partial charge < -0.3 is 10.2 Å². The molecule has 0 aliphatic carbocycles. The number of nitrogens with zero attached hydrogens (tertiary/aromatic N) is 3. The Labute approximate surface area is 118 Å². The van der Waals surface area contributed by atoms with Crippen LogP contribution in [-0.2, 0) is 7.05 Å². The van der Waals surface area contributed by atoms with Crippen LogP contribution in [0.25, 0.3) is 0 Å². The molecule has 1 fully saturated rings. The van der Waals surface area contributed by atoms with Crippen molar-refractivity contribution in [2.24, 2.45) is 13.0 Å². The highest BCUT2D eigenvalue weighted by atomic mass is 35.5. The van der Waals surface area contributed by atoms with Crippen molar-refractivity contribution in [1.29, 1.82) is 0 Å².